The first-order valence-electron chi connectivity index (χ1n) is 4.37. The van der Waals surface area contributed by atoms with E-state index in [0.717, 1.165) is 18.7 Å². The predicted molar refractivity (Wildman–Crippen MR) is 67.3 cm³/mol. The summed E-state index contributed by atoms with van der Waals surface area (Å²) in [5, 5.41) is 4.57. The monoisotopic (exact) mass is 269 g/mol. The Morgan fingerprint density at radius 2 is 2.07 bits per heavy atom. The first kappa shape index (κ1) is 15.0. The molecule has 0 aliphatic rings. The first-order chi connectivity index (χ1) is 6.74. The van der Waals surface area contributed by atoms with E-state index in [1.807, 2.05) is 12.1 Å². The maximum Gasteiger partial charge on any atom is 0.0587 e. The summed E-state index contributed by atoms with van der Waals surface area (Å²) in [7, 11) is 1.68. The van der Waals surface area contributed by atoms with Gasteiger partial charge < -0.3 is 10.1 Å². The van der Waals surface area contributed by atoms with Gasteiger partial charge in [-0.05, 0) is 17.7 Å². The van der Waals surface area contributed by atoms with Crippen LogP contribution >= 0.6 is 35.6 Å². The number of hydrogen-bond donors (Lipinski definition) is 1. The van der Waals surface area contributed by atoms with E-state index < -0.39 is 0 Å². The predicted octanol–water partition coefficient (Wildman–Crippen LogP) is 3.15. The van der Waals surface area contributed by atoms with Crippen molar-refractivity contribution < 1.29 is 4.74 Å². The summed E-state index contributed by atoms with van der Waals surface area (Å²) in [6.07, 6.45) is 0. The molecule has 1 aromatic carbocycles. The summed E-state index contributed by atoms with van der Waals surface area (Å²) >= 11 is 11.8. The van der Waals surface area contributed by atoms with Crippen LogP contribution < -0.4 is 5.32 Å². The highest BCUT2D eigenvalue weighted by molar-refractivity contribution is 6.35. The Balaban J connectivity index is 0.00000196. The zero-order valence-electron chi connectivity index (χ0n) is 8.43. The van der Waals surface area contributed by atoms with Crippen molar-refractivity contribution in [2.24, 2.45) is 0 Å². The Morgan fingerprint density at radius 1 is 1.33 bits per heavy atom. The van der Waals surface area contributed by atoms with Gasteiger partial charge in [-0.1, -0.05) is 29.3 Å². The molecule has 0 unspecified atom stereocenters. The quantitative estimate of drug-likeness (QED) is 0.830. The molecule has 0 heterocycles. The van der Waals surface area contributed by atoms with Crippen molar-refractivity contribution in [3.05, 3.63) is 33.8 Å². The first-order valence-corrected chi connectivity index (χ1v) is 5.13. The molecule has 0 amide bonds. The van der Waals surface area contributed by atoms with Crippen molar-refractivity contribution in [1.29, 1.82) is 0 Å². The summed E-state index contributed by atoms with van der Waals surface area (Å²) < 4.78 is 4.91. The Kier molecular flexibility index (Phi) is 8.20. The van der Waals surface area contributed by atoms with E-state index in [4.69, 9.17) is 27.9 Å². The van der Waals surface area contributed by atoms with E-state index in [0.29, 0.717) is 16.7 Å². The summed E-state index contributed by atoms with van der Waals surface area (Å²) in [4.78, 5) is 0. The van der Waals surface area contributed by atoms with Gasteiger partial charge in [0.1, 0.15) is 0 Å². The average molecular weight is 271 g/mol. The number of rotatable bonds is 5. The van der Waals surface area contributed by atoms with Gasteiger partial charge in [0.15, 0.2) is 0 Å². The summed E-state index contributed by atoms with van der Waals surface area (Å²) in [6, 6.07) is 5.50. The molecular formula is C10H14Cl3NO. The van der Waals surface area contributed by atoms with E-state index in [1.165, 1.54) is 0 Å². The van der Waals surface area contributed by atoms with Gasteiger partial charge in [-0.25, -0.2) is 0 Å². The SMILES string of the molecule is COCCNCc1ccc(Cl)cc1Cl.Cl. The number of halogens is 3. The second-order valence-electron chi connectivity index (χ2n) is 2.91. The maximum atomic E-state index is 5.99. The molecule has 0 aliphatic carbocycles. The standard InChI is InChI=1S/C10H13Cl2NO.ClH/c1-14-5-4-13-7-8-2-3-9(11)6-10(8)12;/h2-3,6,13H,4-5,7H2,1H3;1H. The van der Waals surface area contributed by atoms with E-state index in [9.17, 15) is 0 Å². The smallest absolute Gasteiger partial charge is 0.0587 e. The van der Waals surface area contributed by atoms with Crippen LogP contribution in [0.3, 0.4) is 0 Å². The van der Waals surface area contributed by atoms with Crippen LogP contribution in [0.2, 0.25) is 10.0 Å². The van der Waals surface area contributed by atoms with Crippen molar-refractivity contribution in [1.82, 2.24) is 5.32 Å². The van der Waals surface area contributed by atoms with Crippen molar-refractivity contribution in [2.75, 3.05) is 20.3 Å². The highest BCUT2D eigenvalue weighted by atomic mass is 35.5. The number of ether oxygens (including phenoxy) is 1. The van der Waals surface area contributed by atoms with E-state index in [1.54, 1.807) is 13.2 Å². The number of nitrogens with one attached hydrogen (secondary N) is 1. The third-order valence-corrected chi connectivity index (χ3v) is 2.40. The van der Waals surface area contributed by atoms with Crippen LogP contribution in [0.25, 0.3) is 0 Å². The summed E-state index contributed by atoms with van der Waals surface area (Å²) in [5.74, 6) is 0. The van der Waals surface area contributed by atoms with Crippen LogP contribution in [0.15, 0.2) is 18.2 Å². The third kappa shape index (κ3) is 5.59. The molecule has 1 N–H and O–H groups in total. The fourth-order valence-electron chi connectivity index (χ4n) is 1.06. The lowest BCUT2D eigenvalue weighted by atomic mass is 10.2. The maximum absolute atomic E-state index is 5.99. The van der Waals surface area contributed by atoms with Crippen molar-refractivity contribution >= 4 is 35.6 Å². The molecule has 1 aromatic rings. The fraction of sp³-hybridized carbons (Fsp3) is 0.400. The minimum absolute atomic E-state index is 0. The van der Waals surface area contributed by atoms with Gasteiger partial charge >= 0.3 is 0 Å². The van der Waals surface area contributed by atoms with Crippen molar-refractivity contribution in [3.8, 4) is 0 Å². The molecule has 0 aromatic heterocycles. The Hall–Kier alpha value is 0.01000. The second kappa shape index (κ2) is 8.20. The average Bonchev–Trinajstić information content (AvgIpc) is 2.15. The second-order valence-corrected chi connectivity index (χ2v) is 3.75. The Bertz CT molecular complexity index is 294. The minimum atomic E-state index is 0. The summed E-state index contributed by atoms with van der Waals surface area (Å²) in [5.41, 5.74) is 1.05. The topological polar surface area (TPSA) is 21.3 Å². The zero-order chi connectivity index (χ0) is 10.4. The third-order valence-electron chi connectivity index (χ3n) is 1.81. The molecule has 0 saturated carbocycles. The molecule has 0 radical (unpaired) electrons. The molecule has 0 spiro atoms. The van der Waals surface area contributed by atoms with Crippen LogP contribution in [0.1, 0.15) is 5.56 Å². The molecule has 0 saturated heterocycles. The van der Waals surface area contributed by atoms with Gasteiger partial charge in [0.2, 0.25) is 0 Å². The van der Waals surface area contributed by atoms with Gasteiger partial charge in [-0.3, -0.25) is 0 Å². The molecule has 2 nitrogen and oxygen atoms in total. The molecule has 5 heteroatoms. The Morgan fingerprint density at radius 3 is 2.67 bits per heavy atom. The lowest BCUT2D eigenvalue weighted by Gasteiger charge is -2.06. The van der Waals surface area contributed by atoms with Gasteiger partial charge in [0.25, 0.3) is 0 Å². The van der Waals surface area contributed by atoms with E-state index in [-0.39, 0.29) is 12.4 Å². The number of hydrogen-bond acceptors (Lipinski definition) is 2. The van der Waals surface area contributed by atoms with Gasteiger partial charge in [0.05, 0.1) is 6.61 Å². The molecule has 0 bridgehead atoms. The molecular weight excluding hydrogens is 256 g/mol. The normalized spacial score (nSPS) is 9.80. The Labute approximate surface area is 106 Å². The minimum Gasteiger partial charge on any atom is -0.383 e. The number of benzene rings is 1. The van der Waals surface area contributed by atoms with Gasteiger partial charge in [-0.2, -0.15) is 0 Å². The lowest BCUT2D eigenvalue weighted by molar-refractivity contribution is 0.199. The van der Waals surface area contributed by atoms with Crippen molar-refractivity contribution in [3.63, 3.8) is 0 Å². The highest BCUT2D eigenvalue weighted by Gasteiger charge is 1.99. The van der Waals surface area contributed by atoms with Gasteiger partial charge in [0, 0.05) is 30.2 Å². The van der Waals surface area contributed by atoms with Crippen LogP contribution in [0, 0.1) is 0 Å². The fourth-order valence-corrected chi connectivity index (χ4v) is 1.54. The van der Waals surface area contributed by atoms with Crippen LogP contribution in [0.5, 0.6) is 0 Å². The lowest BCUT2D eigenvalue weighted by Crippen LogP contribution is -2.18. The molecule has 0 atom stereocenters. The molecule has 0 fully saturated rings. The van der Waals surface area contributed by atoms with Gasteiger partial charge in [-0.15, -0.1) is 12.4 Å². The van der Waals surface area contributed by atoms with Crippen LogP contribution in [0.4, 0.5) is 0 Å². The van der Waals surface area contributed by atoms with E-state index in [2.05, 4.69) is 5.32 Å². The largest absolute Gasteiger partial charge is 0.383 e. The van der Waals surface area contributed by atoms with Crippen molar-refractivity contribution in [2.45, 2.75) is 6.54 Å². The zero-order valence-corrected chi connectivity index (χ0v) is 10.8. The summed E-state index contributed by atoms with van der Waals surface area (Å²) in [6.45, 7) is 2.25. The highest BCUT2D eigenvalue weighted by Crippen LogP contribution is 2.20. The molecule has 86 valence electrons. The van der Waals surface area contributed by atoms with Crippen LogP contribution in [-0.4, -0.2) is 20.3 Å². The van der Waals surface area contributed by atoms with Crippen LogP contribution in [-0.2, 0) is 11.3 Å². The molecule has 1 rings (SSSR count). The molecule has 15 heavy (non-hydrogen) atoms. The molecule has 0 aliphatic heterocycles. The van der Waals surface area contributed by atoms with E-state index >= 15 is 0 Å². The number of methoxy groups -OCH3 is 1.